The van der Waals surface area contributed by atoms with Gasteiger partial charge in [0.15, 0.2) is 0 Å². The molecule has 4 aromatic rings. The van der Waals surface area contributed by atoms with Gasteiger partial charge in [0.25, 0.3) is 0 Å². The number of hydrogen-bond donors (Lipinski definition) is 1. The first-order chi connectivity index (χ1) is 14.4. The molecule has 1 aromatic heterocycles. The SMILES string of the molecule is CCn1c(NC(=O)CN(C)S(=O)(=O)c2ccc3ccccc3c2)nc2ccccc21. The van der Waals surface area contributed by atoms with Gasteiger partial charge in [-0.3, -0.25) is 10.1 Å². The molecule has 3 aromatic carbocycles. The Morgan fingerprint density at radius 1 is 1.03 bits per heavy atom. The van der Waals surface area contributed by atoms with Crippen molar-refractivity contribution in [2.75, 3.05) is 18.9 Å². The Hall–Kier alpha value is -3.23. The van der Waals surface area contributed by atoms with Crippen LogP contribution in [-0.2, 0) is 21.4 Å². The van der Waals surface area contributed by atoms with E-state index >= 15 is 0 Å². The van der Waals surface area contributed by atoms with Gasteiger partial charge in [0.2, 0.25) is 21.9 Å². The van der Waals surface area contributed by atoms with Gasteiger partial charge < -0.3 is 4.57 Å². The molecule has 0 radical (unpaired) electrons. The van der Waals surface area contributed by atoms with Gasteiger partial charge in [-0.05, 0) is 42.0 Å². The molecule has 154 valence electrons. The van der Waals surface area contributed by atoms with Crippen LogP contribution in [0.15, 0.2) is 71.6 Å². The molecule has 1 amide bonds. The molecule has 0 bridgehead atoms. The minimum atomic E-state index is -3.81. The van der Waals surface area contributed by atoms with Crippen molar-refractivity contribution in [3.8, 4) is 0 Å². The van der Waals surface area contributed by atoms with Crippen molar-refractivity contribution in [2.24, 2.45) is 0 Å². The number of benzene rings is 3. The molecule has 0 saturated heterocycles. The van der Waals surface area contributed by atoms with Gasteiger partial charge in [-0.15, -0.1) is 0 Å². The van der Waals surface area contributed by atoms with E-state index in [4.69, 9.17) is 0 Å². The van der Waals surface area contributed by atoms with Crippen LogP contribution in [0.5, 0.6) is 0 Å². The lowest BCUT2D eigenvalue weighted by atomic mass is 10.1. The monoisotopic (exact) mass is 422 g/mol. The third kappa shape index (κ3) is 3.67. The number of fused-ring (bicyclic) bond motifs is 2. The number of likely N-dealkylation sites (N-methyl/N-ethyl adjacent to an activating group) is 1. The summed E-state index contributed by atoms with van der Waals surface area (Å²) < 4.78 is 28.8. The van der Waals surface area contributed by atoms with Crippen molar-refractivity contribution in [1.29, 1.82) is 0 Å². The third-order valence-corrected chi connectivity index (χ3v) is 6.82. The van der Waals surface area contributed by atoms with E-state index in [1.165, 1.54) is 7.05 Å². The minimum absolute atomic E-state index is 0.150. The van der Waals surface area contributed by atoms with Crippen LogP contribution in [0.1, 0.15) is 6.92 Å². The Morgan fingerprint density at radius 2 is 1.73 bits per heavy atom. The van der Waals surface area contributed by atoms with Crippen molar-refractivity contribution in [2.45, 2.75) is 18.4 Å². The van der Waals surface area contributed by atoms with Gasteiger partial charge >= 0.3 is 0 Å². The number of sulfonamides is 1. The molecule has 30 heavy (non-hydrogen) atoms. The van der Waals surface area contributed by atoms with Crippen LogP contribution in [0.2, 0.25) is 0 Å². The van der Waals surface area contributed by atoms with E-state index in [0.29, 0.717) is 12.5 Å². The molecule has 8 heteroatoms. The fourth-order valence-electron chi connectivity index (χ4n) is 3.45. The van der Waals surface area contributed by atoms with Crippen molar-refractivity contribution < 1.29 is 13.2 Å². The normalized spacial score (nSPS) is 12.0. The van der Waals surface area contributed by atoms with Crippen molar-refractivity contribution in [3.63, 3.8) is 0 Å². The molecule has 0 aliphatic heterocycles. The molecule has 0 aliphatic carbocycles. The Labute approximate surface area is 175 Å². The molecular formula is C22H22N4O3S. The summed E-state index contributed by atoms with van der Waals surface area (Å²) in [4.78, 5) is 17.2. The largest absolute Gasteiger partial charge is 0.310 e. The number of hydrogen-bond acceptors (Lipinski definition) is 4. The molecule has 1 heterocycles. The Morgan fingerprint density at radius 3 is 2.50 bits per heavy atom. The lowest BCUT2D eigenvalue weighted by Crippen LogP contribution is -2.35. The lowest BCUT2D eigenvalue weighted by molar-refractivity contribution is -0.116. The second kappa shape index (κ2) is 7.89. The Balaban J connectivity index is 1.54. The van der Waals surface area contributed by atoms with Crippen LogP contribution < -0.4 is 5.32 Å². The van der Waals surface area contributed by atoms with E-state index < -0.39 is 15.9 Å². The lowest BCUT2D eigenvalue weighted by Gasteiger charge is -2.17. The number of amides is 1. The van der Waals surface area contributed by atoms with Gasteiger partial charge in [0, 0.05) is 13.6 Å². The van der Waals surface area contributed by atoms with E-state index in [2.05, 4.69) is 10.3 Å². The van der Waals surface area contributed by atoms with Gasteiger partial charge in [-0.2, -0.15) is 4.31 Å². The molecule has 4 rings (SSSR count). The fraction of sp³-hybridized carbons (Fsp3) is 0.182. The first-order valence-electron chi connectivity index (χ1n) is 9.60. The fourth-order valence-corrected chi connectivity index (χ4v) is 4.61. The summed E-state index contributed by atoms with van der Waals surface area (Å²) >= 11 is 0. The molecule has 0 aliphatic rings. The Bertz CT molecular complexity index is 1350. The maximum Gasteiger partial charge on any atom is 0.243 e. The van der Waals surface area contributed by atoms with Crippen LogP contribution in [0.25, 0.3) is 21.8 Å². The van der Waals surface area contributed by atoms with Crippen molar-refractivity contribution in [3.05, 3.63) is 66.7 Å². The van der Waals surface area contributed by atoms with E-state index in [0.717, 1.165) is 26.1 Å². The highest BCUT2D eigenvalue weighted by Gasteiger charge is 2.24. The van der Waals surface area contributed by atoms with E-state index in [-0.39, 0.29) is 11.4 Å². The average molecular weight is 423 g/mol. The first-order valence-corrected chi connectivity index (χ1v) is 11.0. The predicted octanol–water partition coefficient (Wildman–Crippen LogP) is 3.47. The quantitative estimate of drug-likeness (QED) is 0.516. The zero-order chi connectivity index (χ0) is 21.3. The van der Waals surface area contributed by atoms with Crippen LogP contribution in [0, 0.1) is 0 Å². The summed E-state index contributed by atoms with van der Waals surface area (Å²) in [7, 11) is -2.42. The van der Waals surface area contributed by atoms with Gasteiger partial charge in [0.05, 0.1) is 22.5 Å². The zero-order valence-corrected chi connectivity index (χ0v) is 17.6. The second-order valence-electron chi connectivity index (χ2n) is 6.99. The Kier molecular flexibility index (Phi) is 5.27. The van der Waals surface area contributed by atoms with Gasteiger partial charge in [-0.1, -0.05) is 42.5 Å². The van der Waals surface area contributed by atoms with Crippen LogP contribution >= 0.6 is 0 Å². The van der Waals surface area contributed by atoms with Crippen LogP contribution in [0.3, 0.4) is 0 Å². The van der Waals surface area contributed by atoms with Crippen molar-refractivity contribution >= 4 is 43.7 Å². The summed E-state index contributed by atoms with van der Waals surface area (Å²) in [6.45, 7) is 2.27. The second-order valence-corrected chi connectivity index (χ2v) is 9.03. The summed E-state index contributed by atoms with van der Waals surface area (Å²) in [6.07, 6.45) is 0. The van der Waals surface area contributed by atoms with E-state index in [1.54, 1.807) is 18.2 Å². The number of aromatic nitrogens is 2. The summed E-state index contributed by atoms with van der Waals surface area (Å²) in [5, 5.41) is 4.52. The maximum absolute atomic E-state index is 13.0. The number of carbonyl (C=O) groups is 1. The number of imidazole rings is 1. The molecule has 0 unspecified atom stereocenters. The number of rotatable bonds is 6. The molecule has 0 saturated carbocycles. The van der Waals surface area contributed by atoms with E-state index in [9.17, 15) is 13.2 Å². The standard InChI is InChI=1S/C22H22N4O3S/c1-3-26-20-11-7-6-10-19(20)23-22(26)24-21(27)15-25(2)30(28,29)18-13-12-16-8-4-5-9-17(16)14-18/h4-14H,3,15H2,1-2H3,(H,23,24,27). The zero-order valence-electron chi connectivity index (χ0n) is 16.7. The molecule has 0 spiro atoms. The maximum atomic E-state index is 13.0. The number of anilines is 1. The highest BCUT2D eigenvalue weighted by atomic mass is 32.2. The first kappa shape index (κ1) is 20.1. The van der Waals surface area contributed by atoms with Crippen LogP contribution in [0.4, 0.5) is 5.95 Å². The van der Waals surface area contributed by atoms with E-state index in [1.807, 2.05) is 60.0 Å². The molecular weight excluding hydrogens is 400 g/mol. The summed E-state index contributed by atoms with van der Waals surface area (Å²) in [6, 6.07) is 20.1. The van der Waals surface area contributed by atoms with Gasteiger partial charge in [-0.25, -0.2) is 13.4 Å². The number of aryl methyl sites for hydroxylation is 1. The molecule has 0 fully saturated rings. The van der Waals surface area contributed by atoms with Crippen LogP contribution in [-0.4, -0.2) is 41.8 Å². The molecule has 7 nitrogen and oxygen atoms in total. The number of para-hydroxylation sites is 2. The molecule has 0 atom stereocenters. The summed E-state index contributed by atoms with van der Waals surface area (Å²) in [5.74, 6) is -0.0490. The smallest absolute Gasteiger partial charge is 0.243 e. The third-order valence-electron chi connectivity index (χ3n) is 5.02. The number of nitrogens with one attached hydrogen (secondary N) is 1. The van der Waals surface area contributed by atoms with Gasteiger partial charge in [0.1, 0.15) is 0 Å². The minimum Gasteiger partial charge on any atom is -0.310 e. The topological polar surface area (TPSA) is 84.3 Å². The predicted molar refractivity (Wildman–Crippen MR) is 118 cm³/mol. The highest BCUT2D eigenvalue weighted by Crippen LogP contribution is 2.22. The number of carbonyl (C=O) groups excluding carboxylic acids is 1. The van der Waals surface area contributed by atoms with Crippen molar-refractivity contribution in [1.82, 2.24) is 13.9 Å². The summed E-state index contributed by atoms with van der Waals surface area (Å²) in [5.41, 5.74) is 1.68. The average Bonchev–Trinajstić information content (AvgIpc) is 3.09. The number of nitrogens with zero attached hydrogens (tertiary/aromatic N) is 3. The highest BCUT2D eigenvalue weighted by molar-refractivity contribution is 7.89. The molecule has 1 N–H and O–H groups in total.